The second-order valence-corrected chi connectivity index (χ2v) is 16.0. The molecule has 2 heterocycles. The first kappa shape index (κ1) is 33.1. The van der Waals surface area contributed by atoms with Crippen LogP contribution in [0.1, 0.15) is 0 Å². The largest absolute Gasteiger partial charge is 0.255 e. The van der Waals surface area contributed by atoms with Gasteiger partial charge in [-0.1, -0.05) is 170 Å². The minimum absolute atomic E-state index is 0.874. The molecule has 0 fully saturated rings. The van der Waals surface area contributed by atoms with E-state index in [0.29, 0.717) is 0 Å². The monoisotopic (exact) mass is 758 g/mol. The molecular formula is C58H34N2. The molecule has 0 bridgehead atoms. The molecule has 13 rings (SSSR count). The quantitative estimate of drug-likeness (QED) is 0.175. The Morgan fingerprint density at radius 2 is 0.750 bits per heavy atom. The van der Waals surface area contributed by atoms with Crippen LogP contribution in [0.4, 0.5) is 0 Å². The van der Waals surface area contributed by atoms with Crippen LogP contribution in [-0.4, -0.2) is 9.97 Å². The predicted molar refractivity (Wildman–Crippen MR) is 251 cm³/mol. The zero-order valence-electron chi connectivity index (χ0n) is 32.5. The molecule has 9 aromatic carbocycles. The van der Waals surface area contributed by atoms with Gasteiger partial charge in [0.1, 0.15) is 0 Å². The average molecular weight is 759 g/mol. The van der Waals surface area contributed by atoms with E-state index >= 15 is 0 Å². The van der Waals surface area contributed by atoms with Gasteiger partial charge >= 0.3 is 0 Å². The van der Waals surface area contributed by atoms with Crippen LogP contribution < -0.4 is 0 Å². The molecule has 0 saturated carbocycles. The third-order valence-corrected chi connectivity index (χ3v) is 12.9. The third kappa shape index (κ3) is 4.70. The van der Waals surface area contributed by atoms with Crippen molar-refractivity contribution >= 4 is 32.3 Å². The smallest absolute Gasteiger partial charge is 0.0886 e. The molecule has 0 radical (unpaired) electrons. The van der Waals surface area contributed by atoms with Crippen molar-refractivity contribution in [1.82, 2.24) is 9.97 Å². The average Bonchev–Trinajstić information content (AvgIpc) is 3.83. The highest BCUT2D eigenvalue weighted by Gasteiger charge is 2.32. The summed E-state index contributed by atoms with van der Waals surface area (Å²) < 4.78 is 0. The molecule has 0 amide bonds. The molecule has 2 aliphatic carbocycles. The number of aromatic nitrogens is 2. The summed E-state index contributed by atoms with van der Waals surface area (Å²) in [6, 6.07) is 71.2. The molecule has 2 heteroatoms. The number of rotatable bonds is 5. The zero-order chi connectivity index (χ0) is 39.3. The zero-order valence-corrected chi connectivity index (χ0v) is 32.5. The van der Waals surface area contributed by atoms with E-state index in [-0.39, 0.29) is 0 Å². The molecular weight excluding hydrogens is 725 g/mol. The first-order chi connectivity index (χ1) is 29.8. The second-order valence-electron chi connectivity index (χ2n) is 16.0. The maximum Gasteiger partial charge on any atom is 0.0886 e. The summed E-state index contributed by atoms with van der Waals surface area (Å²) in [5.74, 6) is 0. The third-order valence-electron chi connectivity index (χ3n) is 12.9. The van der Waals surface area contributed by atoms with Gasteiger partial charge in [-0.2, -0.15) is 0 Å². The maximum absolute atomic E-state index is 4.79. The fraction of sp³-hybridized carbons (Fsp3) is 0. The number of hydrogen-bond donors (Lipinski definition) is 0. The van der Waals surface area contributed by atoms with Gasteiger partial charge in [0.05, 0.1) is 11.4 Å². The molecule has 2 aromatic heterocycles. The summed E-state index contributed by atoms with van der Waals surface area (Å²) in [4.78, 5) is 9.28. The van der Waals surface area contributed by atoms with E-state index in [1.165, 1.54) is 110 Å². The molecule has 2 aliphatic rings. The van der Waals surface area contributed by atoms with Gasteiger partial charge in [-0.25, -0.2) is 0 Å². The Morgan fingerprint density at radius 3 is 1.38 bits per heavy atom. The second kappa shape index (κ2) is 12.8. The Bertz CT molecular complexity index is 3460. The van der Waals surface area contributed by atoms with Crippen LogP contribution in [0.5, 0.6) is 0 Å². The summed E-state index contributed by atoms with van der Waals surface area (Å²) in [5, 5.41) is 7.76. The van der Waals surface area contributed by atoms with E-state index < -0.39 is 0 Å². The van der Waals surface area contributed by atoms with Crippen LogP contribution >= 0.6 is 0 Å². The van der Waals surface area contributed by atoms with Gasteiger partial charge in [-0.3, -0.25) is 9.97 Å². The fourth-order valence-electron chi connectivity index (χ4n) is 10.3. The highest BCUT2D eigenvalue weighted by Crippen LogP contribution is 2.59. The number of hydrogen-bond acceptors (Lipinski definition) is 2. The van der Waals surface area contributed by atoms with Crippen molar-refractivity contribution in [2.45, 2.75) is 0 Å². The summed E-state index contributed by atoms with van der Waals surface area (Å²) in [7, 11) is 0. The highest BCUT2D eigenvalue weighted by molar-refractivity contribution is 6.30. The van der Waals surface area contributed by atoms with Crippen LogP contribution in [0, 0.1) is 0 Å². The maximum atomic E-state index is 4.79. The van der Waals surface area contributed by atoms with Gasteiger partial charge in [-0.15, -0.1) is 0 Å². The Kier molecular flexibility index (Phi) is 7.05. The number of benzene rings is 9. The summed E-state index contributed by atoms with van der Waals surface area (Å²) in [6.07, 6.45) is 3.78. The molecule has 0 N–H and O–H groups in total. The lowest BCUT2D eigenvalue weighted by molar-refractivity contribution is 1.25. The molecule has 0 unspecified atom stereocenters. The lowest BCUT2D eigenvalue weighted by Crippen LogP contribution is -1.93. The van der Waals surface area contributed by atoms with E-state index in [1.54, 1.807) is 0 Å². The number of fused-ring (bicyclic) bond motifs is 7. The molecule has 0 spiro atoms. The van der Waals surface area contributed by atoms with E-state index in [9.17, 15) is 0 Å². The van der Waals surface area contributed by atoms with Gasteiger partial charge in [0.2, 0.25) is 0 Å². The molecule has 60 heavy (non-hydrogen) atoms. The minimum Gasteiger partial charge on any atom is -0.255 e. The van der Waals surface area contributed by atoms with Crippen molar-refractivity contribution < 1.29 is 0 Å². The standard InChI is InChI=1S/C58H34N2/c1-3-13-35(14-4-1)53-44-17-7-8-18-45(44)54(36-15-5-2-6-16-36)58-49-30-28-40(43-20-12-22-48(56(43)49)57(53)58)39-27-29-47-41-26-24-37(33-50(41)46-21-11-19-42(39)55(46)47)38-25-31-52(60-34-38)51-23-9-10-32-59-51/h1-34H. The number of pyridine rings is 2. The Labute approximate surface area is 347 Å². The SMILES string of the molecule is c1ccc(-c2c3c(c(-c4ccccc4)c4ccccc24)-c2ccc(-c4ccc5c6c(cccc46)-c4cc(-c6ccc(-c7ccccn7)nc6)ccc4-5)c4cccc-3c24)cc1. The predicted octanol–water partition coefficient (Wildman–Crippen LogP) is 15.6. The van der Waals surface area contributed by atoms with E-state index in [1.807, 2.05) is 30.6 Å². The topological polar surface area (TPSA) is 25.8 Å². The Balaban J connectivity index is 0.999. The van der Waals surface area contributed by atoms with Gasteiger partial charge < -0.3 is 0 Å². The van der Waals surface area contributed by atoms with Gasteiger partial charge in [0.25, 0.3) is 0 Å². The van der Waals surface area contributed by atoms with Crippen molar-refractivity contribution in [1.29, 1.82) is 0 Å². The van der Waals surface area contributed by atoms with Crippen molar-refractivity contribution in [2.24, 2.45) is 0 Å². The molecule has 11 aromatic rings. The van der Waals surface area contributed by atoms with Crippen molar-refractivity contribution in [3.05, 3.63) is 207 Å². The first-order valence-corrected chi connectivity index (χ1v) is 20.6. The Morgan fingerprint density at radius 1 is 0.250 bits per heavy atom. The summed E-state index contributed by atoms with van der Waals surface area (Å²) >= 11 is 0. The van der Waals surface area contributed by atoms with Crippen molar-refractivity contribution in [2.75, 3.05) is 0 Å². The molecule has 0 saturated heterocycles. The lowest BCUT2D eigenvalue weighted by Gasteiger charge is -2.20. The van der Waals surface area contributed by atoms with E-state index in [0.717, 1.165) is 22.5 Å². The molecule has 276 valence electrons. The fourth-order valence-corrected chi connectivity index (χ4v) is 10.3. The van der Waals surface area contributed by atoms with Crippen molar-refractivity contribution in [3.63, 3.8) is 0 Å². The highest BCUT2D eigenvalue weighted by atomic mass is 14.8. The summed E-state index contributed by atoms with van der Waals surface area (Å²) in [6.45, 7) is 0. The lowest BCUT2D eigenvalue weighted by atomic mass is 9.82. The van der Waals surface area contributed by atoms with E-state index in [4.69, 9.17) is 4.98 Å². The van der Waals surface area contributed by atoms with Gasteiger partial charge in [-0.05, 0) is 140 Å². The first-order valence-electron chi connectivity index (χ1n) is 20.6. The van der Waals surface area contributed by atoms with Crippen LogP contribution in [0.3, 0.4) is 0 Å². The van der Waals surface area contributed by atoms with Crippen LogP contribution in [0.25, 0.3) is 133 Å². The Hall–Kier alpha value is -7.94. The van der Waals surface area contributed by atoms with Crippen molar-refractivity contribution in [3.8, 4) is 100 Å². The minimum atomic E-state index is 0.874. The molecule has 2 nitrogen and oxygen atoms in total. The van der Waals surface area contributed by atoms with Gasteiger partial charge in [0.15, 0.2) is 0 Å². The normalized spacial score (nSPS) is 12.0. The van der Waals surface area contributed by atoms with Gasteiger partial charge in [0, 0.05) is 18.0 Å². The summed E-state index contributed by atoms with van der Waals surface area (Å²) in [5.41, 5.74) is 22.0. The molecule has 0 aliphatic heterocycles. The number of nitrogens with zero attached hydrogens (tertiary/aromatic N) is 2. The molecule has 0 atom stereocenters. The van der Waals surface area contributed by atoms with Crippen LogP contribution in [0.15, 0.2) is 207 Å². The van der Waals surface area contributed by atoms with Crippen LogP contribution in [0.2, 0.25) is 0 Å². The van der Waals surface area contributed by atoms with E-state index in [2.05, 4.69) is 181 Å². The van der Waals surface area contributed by atoms with Crippen LogP contribution in [-0.2, 0) is 0 Å².